The van der Waals surface area contributed by atoms with Gasteiger partial charge in [0.1, 0.15) is 11.4 Å². The average Bonchev–Trinajstić information content (AvgIpc) is 2.31. The Kier molecular flexibility index (Phi) is 4.91. The molecule has 0 bridgehead atoms. The molecule has 0 aromatic heterocycles. The SMILES string of the molecule is CC(CCCO)Nc1ccc(F)c(N)c1C(=O)O. The topological polar surface area (TPSA) is 95.6 Å². The molecule has 0 aliphatic carbocycles. The van der Waals surface area contributed by atoms with E-state index in [0.717, 1.165) is 6.07 Å². The minimum Gasteiger partial charge on any atom is -0.478 e. The largest absolute Gasteiger partial charge is 0.478 e. The van der Waals surface area contributed by atoms with Crippen LogP contribution in [0.1, 0.15) is 30.1 Å². The lowest BCUT2D eigenvalue weighted by molar-refractivity contribution is 0.0698. The number of nitrogens with one attached hydrogen (secondary N) is 1. The summed E-state index contributed by atoms with van der Waals surface area (Å²) in [4.78, 5) is 11.1. The third kappa shape index (κ3) is 3.33. The highest BCUT2D eigenvalue weighted by molar-refractivity contribution is 6.00. The number of hydrogen-bond donors (Lipinski definition) is 4. The summed E-state index contributed by atoms with van der Waals surface area (Å²) in [6.45, 7) is 1.92. The van der Waals surface area contributed by atoms with Crippen molar-refractivity contribution in [3.8, 4) is 0 Å². The lowest BCUT2D eigenvalue weighted by Gasteiger charge is -2.17. The Morgan fingerprint density at radius 2 is 2.22 bits per heavy atom. The van der Waals surface area contributed by atoms with E-state index in [1.807, 2.05) is 6.92 Å². The van der Waals surface area contributed by atoms with Crippen LogP contribution in [0.3, 0.4) is 0 Å². The molecule has 1 unspecified atom stereocenters. The zero-order chi connectivity index (χ0) is 13.7. The van der Waals surface area contributed by atoms with Crippen molar-refractivity contribution in [2.45, 2.75) is 25.8 Å². The molecular weight excluding hydrogens is 239 g/mol. The number of aliphatic hydroxyl groups is 1. The monoisotopic (exact) mass is 256 g/mol. The maximum Gasteiger partial charge on any atom is 0.340 e. The van der Waals surface area contributed by atoms with Gasteiger partial charge in [0.05, 0.1) is 11.4 Å². The maximum absolute atomic E-state index is 13.2. The predicted molar refractivity (Wildman–Crippen MR) is 67.2 cm³/mol. The summed E-state index contributed by atoms with van der Waals surface area (Å²) in [6, 6.07) is 2.44. The standard InChI is InChI=1S/C12H17FN2O3/c1-7(3-2-6-16)15-9-5-4-8(13)11(14)10(9)12(17)18/h4-5,7,15-16H,2-3,6,14H2,1H3,(H,17,18). The van der Waals surface area contributed by atoms with Gasteiger partial charge in [0.25, 0.3) is 0 Å². The number of nitrogen functional groups attached to an aromatic ring is 1. The summed E-state index contributed by atoms with van der Waals surface area (Å²) in [5.41, 5.74) is 5.08. The quantitative estimate of drug-likeness (QED) is 0.581. The molecule has 6 heteroatoms. The Bertz CT molecular complexity index is 438. The Hall–Kier alpha value is -1.82. The number of nitrogens with two attached hydrogens (primary N) is 1. The lowest BCUT2D eigenvalue weighted by atomic mass is 10.1. The first-order chi connectivity index (χ1) is 8.47. The van der Waals surface area contributed by atoms with E-state index in [1.165, 1.54) is 6.07 Å². The van der Waals surface area contributed by atoms with Gasteiger partial charge in [-0.15, -0.1) is 0 Å². The molecule has 0 heterocycles. The van der Waals surface area contributed by atoms with Crippen molar-refractivity contribution < 1.29 is 19.4 Å². The Morgan fingerprint density at radius 3 is 2.78 bits per heavy atom. The maximum atomic E-state index is 13.2. The zero-order valence-electron chi connectivity index (χ0n) is 10.1. The minimum absolute atomic E-state index is 0.0416. The van der Waals surface area contributed by atoms with Gasteiger partial charge in [-0.3, -0.25) is 0 Å². The van der Waals surface area contributed by atoms with Gasteiger partial charge in [0.2, 0.25) is 0 Å². The smallest absolute Gasteiger partial charge is 0.340 e. The van der Waals surface area contributed by atoms with Gasteiger partial charge in [0.15, 0.2) is 0 Å². The number of aromatic carboxylic acids is 1. The van der Waals surface area contributed by atoms with Crippen molar-refractivity contribution in [2.75, 3.05) is 17.7 Å². The highest BCUT2D eigenvalue weighted by Gasteiger charge is 2.18. The number of carboxylic acids is 1. The van der Waals surface area contributed by atoms with Gasteiger partial charge in [-0.2, -0.15) is 0 Å². The van der Waals surface area contributed by atoms with E-state index >= 15 is 0 Å². The molecule has 1 aromatic carbocycles. The molecule has 1 atom stereocenters. The molecule has 5 N–H and O–H groups in total. The van der Waals surface area contributed by atoms with Crippen LogP contribution in [0.25, 0.3) is 0 Å². The fourth-order valence-corrected chi connectivity index (χ4v) is 1.68. The van der Waals surface area contributed by atoms with Crippen molar-refractivity contribution in [3.63, 3.8) is 0 Å². The molecule has 1 aromatic rings. The molecule has 0 saturated carbocycles. The molecule has 1 rings (SSSR count). The highest BCUT2D eigenvalue weighted by atomic mass is 19.1. The first-order valence-corrected chi connectivity index (χ1v) is 5.66. The Balaban J connectivity index is 2.95. The number of anilines is 2. The second-order valence-electron chi connectivity index (χ2n) is 4.10. The van der Waals surface area contributed by atoms with Crippen molar-refractivity contribution in [1.82, 2.24) is 0 Å². The molecular formula is C12H17FN2O3. The summed E-state index contributed by atoms with van der Waals surface area (Å²) in [5, 5.41) is 20.7. The third-order valence-corrected chi connectivity index (χ3v) is 2.60. The highest BCUT2D eigenvalue weighted by Crippen LogP contribution is 2.26. The molecule has 18 heavy (non-hydrogen) atoms. The molecule has 0 radical (unpaired) electrons. The second-order valence-corrected chi connectivity index (χ2v) is 4.10. The first kappa shape index (κ1) is 14.2. The van der Waals surface area contributed by atoms with Crippen LogP contribution in [0.4, 0.5) is 15.8 Å². The van der Waals surface area contributed by atoms with Gasteiger partial charge < -0.3 is 21.3 Å². The van der Waals surface area contributed by atoms with E-state index in [1.54, 1.807) is 0 Å². The van der Waals surface area contributed by atoms with Crippen LogP contribution >= 0.6 is 0 Å². The molecule has 0 aliphatic heterocycles. The van der Waals surface area contributed by atoms with E-state index in [4.69, 9.17) is 15.9 Å². The number of carboxylic acid groups (broad SMARTS) is 1. The number of hydrogen-bond acceptors (Lipinski definition) is 4. The van der Waals surface area contributed by atoms with Gasteiger partial charge >= 0.3 is 5.97 Å². The van der Waals surface area contributed by atoms with E-state index in [2.05, 4.69) is 5.32 Å². The van der Waals surface area contributed by atoms with Crippen molar-refractivity contribution >= 4 is 17.3 Å². The summed E-state index contributed by atoms with van der Waals surface area (Å²) in [7, 11) is 0. The predicted octanol–water partition coefficient (Wildman–Crippen LogP) is 1.68. The fraction of sp³-hybridized carbons (Fsp3) is 0.417. The van der Waals surface area contributed by atoms with Crippen LogP contribution in [-0.2, 0) is 0 Å². The second kappa shape index (κ2) is 6.20. The molecule has 0 spiro atoms. The van der Waals surface area contributed by atoms with Gasteiger partial charge in [-0.05, 0) is 31.9 Å². The Morgan fingerprint density at radius 1 is 1.56 bits per heavy atom. The number of carbonyl (C=O) groups is 1. The number of benzene rings is 1. The van der Waals surface area contributed by atoms with Crippen LogP contribution in [0.5, 0.6) is 0 Å². The summed E-state index contributed by atoms with van der Waals surface area (Å²) < 4.78 is 13.2. The molecule has 0 saturated heterocycles. The third-order valence-electron chi connectivity index (χ3n) is 2.60. The van der Waals surface area contributed by atoms with Crippen LogP contribution in [0, 0.1) is 5.82 Å². The summed E-state index contributed by atoms with van der Waals surface area (Å²) in [5.74, 6) is -2.02. The minimum atomic E-state index is -1.27. The molecule has 0 amide bonds. The average molecular weight is 256 g/mol. The number of halogens is 1. The normalized spacial score (nSPS) is 12.2. The number of aliphatic hydroxyl groups excluding tert-OH is 1. The van der Waals surface area contributed by atoms with E-state index in [-0.39, 0.29) is 29.6 Å². The summed E-state index contributed by atoms with van der Waals surface area (Å²) in [6.07, 6.45) is 1.28. The Labute approximate surface area is 104 Å². The van der Waals surface area contributed by atoms with Crippen LogP contribution < -0.4 is 11.1 Å². The first-order valence-electron chi connectivity index (χ1n) is 5.66. The fourth-order valence-electron chi connectivity index (χ4n) is 1.68. The van der Waals surface area contributed by atoms with Crippen molar-refractivity contribution in [2.24, 2.45) is 0 Å². The lowest BCUT2D eigenvalue weighted by Crippen LogP contribution is -2.19. The molecule has 0 fully saturated rings. The van der Waals surface area contributed by atoms with Crippen molar-refractivity contribution in [3.05, 3.63) is 23.5 Å². The molecule has 0 aliphatic rings. The van der Waals surface area contributed by atoms with E-state index in [0.29, 0.717) is 12.8 Å². The number of rotatable bonds is 6. The van der Waals surface area contributed by atoms with Crippen LogP contribution in [-0.4, -0.2) is 28.8 Å². The van der Waals surface area contributed by atoms with Crippen molar-refractivity contribution in [1.29, 1.82) is 0 Å². The van der Waals surface area contributed by atoms with Crippen LogP contribution in [0.2, 0.25) is 0 Å². The van der Waals surface area contributed by atoms with Gasteiger partial charge in [-0.25, -0.2) is 9.18 Å². The molecule has 100 valence electrons. The van der Waals surface area contributed by atoms with Gasteiger partial charge in [0, 0.05) is 12.6 Å². The van der Waals surface area contributed by atoms with Crippen LogP contribution in [0.15, 0.2) is 12.1 Å². The zero-order valence-corrected chi connectivity index (χ0v) is 10.1. The molecule has 5 nitrogen and oxygen atoms in total. The van der Waals surface area contributed by atoms with E-state index < -0.39 is 11.8 Å². The van der Waals surface area contributed by atoms with Gasteiger partial charge in [-0.1, -0.05) is 0 Å². The van der Waals surface area contributed by atoms with E-state index in [9.17, 15) is 9.18 Å². The summed E-state index contributed by atoms with van der Waals surface area (Å²) >= 11 is 0.